The molecule has 3 saturated heterocycles. The van der Waals surface area contributed by atoms with Gasteiger partial charge in [0.2, 0.25) is 0 Å². The number of hydrogen-bond acceptors (Lipinski definition) is 19. The summed E-state index contributed by atoms with van der Waals surface area (Å²) in [6.07, 6.45) is 1.14. The predicted molar refractivity (Wildman–Crippen MR) is 230 cm³/mol. The number of hydrogen-bond donors (Lipinski definition) is 3. The Labute approximate surface area is 364 Å². The van der Waals surface area contributed by atoms with Crippen LogP contribution in [0.15, 0.2) is 49.1 Å². The van der Waals surface area contributed by atoms with E-state index in [1.54, 1.807) is 27.7 Å². The molecule has 3 aliphatic rings. The molecule has 0 aliphatic carbocycles. The Morgan fingerprint density at radius 2 is 0.705 bits per heavy atom. The average molecular weight is 883 g/mol. The van der Waals surface area contributed by atoms with Gasteiger partial charge in [-0.3, -0.25) is 9.80 Å². The standard InChI is InChI=1S/C16H26O7.C10H18O5.C6H12N2.C5H8O2.C4H10O3.CH4/c1-5-22-15(17)13(3)11-20-9-7-19-8-10-21-12-14(4)16(18)23-6-2;1-3-15-10(12)9(2)8-14-7-6-13-5-4-11;1-2-8-5-3-7(1)4-6-8;1-3-5(6)7-4-2;5-1-3-7-4-2-6;/h3-12H2,1-2H3;11H,2-8H2,1H3;1-6H2;3H,1,4H2,2H3;5-6H,1-4H2;1H4. The monoisotopic (exact) mass is 883 g/mol. The molecule has 0 amide bonds. The van der Waals surface area contributed by atoms with Crippen molar-refractivity contribution in [1.29, 1.82) is 0 Å². The molecule has 0 aromatic heterocycles. The molecule has 358 valence electrons. The molecule has 19 nitrogen and oxygen atoms in total. The number of aliphatic hydroxyl groups is 3. The molecule has 0 saturated carbocycles. The van der Waals surface area contributed by atoms with E-state index in [-0.39, 0.29) is 64.2 Å². The van der Waals surface area contributed by atoms with Crippen molar-refractivity contribution >= 4 is 23.9 Å². The highest BCUT2D eigenvalue weighted by Crippen LogP contribution is 2.07. The summed E-state index contributed by atoms with van der Waals surface area (Å²) < 4.78 is 49.1. The third-order valence-corrected chi connectivity index (χ3v) is 6.99. The summed E-state index contributed by atoms with van der Waals surface area (Å²) in [6.45, 7) is 33.6. The fraction of sp³-hybridized carbons (Fsp3) is 0.714. The number of rotatable bonds is 29. The molecule has 19 heteroatoms. The summed E-state index contributed by atoms with van der Waals surface area (Å²) in [5.41, 5.74) is 0.833. The zero-order chi connectivity index (χ0) is 45.7. The first-order valence-corrected chi connectivity index (χ1v) is 20.0. The number of nitrogens with zero attached hydrogens (tertiary/aromatic N) is 2. The summed E-state index contributed by atoms with van der Waals surface area (Å²) in [6, 6.07) is 0. The van der Waals surface area contributed by atoms with Gasteiger partial charge in [-0.25, -0.2) is 19.2 Å². The van der Waals surface area contributed by atoms with Crippen molar-refractivity contribution in [3.63, 3.8) is 0 Å². The van der Waals surface area contributed by atoms with Gasteiger partial charge in [-0.2, -0.15) is 0 Å². The number of carbonyl (C=O) groups is 4. The topological polar surface area (TPSA) is 228 Å². The van der Waals surface area contributed by atoms with Crippen molar-refractivity contribution in [1.82, 2.24) is 9.80 Å². The Balaban J connectivity index is -0.000000363. The average Bonchev–Trinajstić information content (AvgIpc) is 3.26. The van der Waals surface area contributed by atoms with Crippen molar-refractivity contribution in [3.05, 3.63) is 49.1 Å². The zero-order valence-corrected chi connectivity index (χ0v) is 36.5. The van der Waals surface area contributed by atoms with Gasteiger partial charge in [0.1, 0.15) is 0 Å². The van der Waals surface area contributed by atoms with Crippen LogP contribution in [-0.2, 0) is 66.5 Å². The van der Waals surface area contributed by atoms with E-state index in [0.29, 0.717) is 91.5 Å². The van der Waals surface area contributed by atoms with E-state index in [1.165, 1.54) is 39.3 Å². The maximum Gasteiger partial charge on any atom is 0.335 e. The molecule has 0 aromatic rings. The van der Waals surface area contributed by atoms with Gasteiger partial charge in [-0.1, -0.05) is 33.7 Å². The molecule has 0 atom stereocenters. The second kappa shape index (κ2) is 49.1. The van der Waals surface area contributed by atoms with Crippen LogP contribution in [0.4, 0.5) is 0 Å². The fourth-order valence-electron chi connectivity index (χ4n) is 4.04. The Morgan fingerprint density at radius 1 is 0.459 bits per heavy atom. The summed E-state index contributed by atoms with van der Waals surface area (Å²) >= 11 is 0. The van der Waals surface area contributed by atoms with Crippen LogP contribution in [0, 0.1) is 0 Å². The van der Waals surface area contributed by atoms with Gasteiger partial charge < -0.3 is 62.7 Å². The smallest absolute Gasteiger partial charge is 0.335 e. The maximum absolute atomic E-state index is 11.2. The predicted octanol–water partition coefficient (Wildman–Crippen LogP) is 1.38. The number of aliphatic hydroxyl groups excluding tert-OH is 3. The second-order valence-corrected chi connectivity index (χ2v) is 11.8. The van der Waals surface area contributed by atoms with Crippen LogP contribution < -0.4 is 0 Å². The van der Waals surface area contributed by atoms with Gasteiger partial charge in [0.25, 0.3) is 0 Å². The highest BCUT2D eigenvalue weighted by molar-refractivity contribution is 5.88. The van der Waals surface area contributed by atoms with Crippen molar-refractivity contribution in [2.75, 3.05) is 165 Å². The minimum absolute atomic E-state index is 0. The van der Waals surface area contributed by atoms with E-state index in [9.17, 15) is 19.2 Å². The highest BCUT2D eigenvalue weighted by Gasteiger charge is 2.21. The van der Waals surface area contributed by atoms with E-state index in [1.807, 2.05) is 0 Å². The van der Waals surface area contributed by atoms with Crippen LogP contribution in [0.2, 0.25) is 0 Å². The van der Waals surface area contributed by atoms with E-state index >= 15 is 0 Å². The fourth-order valence-corrected chi connectivity index (χ4v) is 4.04. The SMILES string of the molecule is C.C1CN2CCN1CC2.C=C(COCCOCCO)C(=O)OCC.C=C(COCCOCCOCC(=C)C(=O)OCC)C(=O)OCC.C=CC(=O)OCC.OCCOCCO. The van der Waals surface area contributed by atoms with Gasteiger partial charge in [0, 0.05) is 45.3 Å². The first kappa shape index (κ1) is 64.0. The van der Waals surface area contributed by atoms with Crippen LogP contribution in [0.25, 0.3) is 0 Å². The Morgan fingerprint density at radius 3 is 0.918 bits per heavy atom. The first-order valence-electron chi connectivity index (χ1n) is 20.0. The van der Waals surface area contributed by atoms with Crippen LogP contribution in [0.1, 0.15) is 35.1 Å². The van der Waals surface area contributed by atoms with Gasteiger partial charge >= 0.3 is 23.9 Å². The van der Waals surface area contributed by atoms with Crippen LogP contribution in [0.3, 0.4) is 0 Å². The van der Waals surface area contributed by atoms with Gasteiger partial charge in [-0.15, -0.1) is 0 Å². The quantitative estimate of drug-likeness (QED) is 0.0417. The maximum atomic E-state index is 11.2. The number of esters is 4. The first-order chi connectivity index (χ1) is 28.9. The largest absolute Gasteiger partial charge is 0.463 e. The molecule has 3 rings (SSSR count). The van der Waals surface area contributed by atoms with E-state index in [0.717, 1.165) is 6.08 Å². The highest BCUT2D eigenvalue weighted by atomic mass is 16.6. The van der Waals surface area contributed by atoms with E-state index in [4.69, 9.17) is 53.2 Å². The summed E-state index contributed by atoms with van der Waals surface area (Å²) in [5.74, 6) is -1.71. The van der Waals surface area contributed by atoms with Crippen molar-refractivity contribution in [2.24, 2.45) is 0 Å². The number of ether oxygens (including phenoxy) is 10. The third kappa shape index (κ3) is 44.3. The van der Waals surface area contributed by atoms with Crippen molar-refractivity contribution in [3.8, 4) is 0 Å². The summed E-state index contributed by atoms with van der Waals surface area (Å²) in [4.78, 5) is 48.7. The van der Waals surface area contributed by atoms with Gasteiger partial charge in [0.05, 0.1) is 142 Å². The molecular weight excluding hydrogens is 804 g/mol. The lowest BCUT2D eigenvalue weighted by atomic mass is 10.2. The summed E-state index contributed by atoms with van der Waals surface area (Å²) in [5, 5.41) is 24.6. The number of fused-ring (bicyclic) bond motifs is 3. The van der Waals surface area contributed by atoms with Crippen LogP contribution >= 0.6 is 0 Å². The molecule has 0 unspecified atom stereocenters. The lowest BCUT2D eigenvalue weighted by molar-refractivity contribution is -0.140. The molecule has 61 heavy (non-hydrogen) atoms. The Kier molecular flexibility index (Phi) is 51.5. The molecular formula is C42H78N2O17. The van der Waals surface area contributed by atoms with Crippen LogP contribution in [0.5, 0.6) is 0 Å². The minimum Gasteiger partial charge on any atom is -0.463 e. The van der Waals surface area contributed by atoms with Gasteiger partial charge in [0.15, 0.2) is 0 Å². The second-order valence-electron chi connectivity index (χ2n) is 11.8. The molecule has 2 bridgehead atoms. The third-order valence-electron chi connectivity index (χ3n) is 6.99. The molecule has 3 N–H and O–H groups in total. The van der Waals surface area contributed by atoms with Gasteiger partial charge in [-0.05, 0) is 27.7 Å². The number of carbonyl (C=O) groups excluding carboxylic acids is 4. The van der Waals surface area contributed by atoms with E-state index < -0.39 is 17.9 Å². The molecule has 0 radical (unpaired) electrons. The lowest BCUT2D eigenvalue weighted by Gasteiger charge is -2.41. The van der Waals surface area contributed by atoms with E-state index in [2.05, 4.69) is 45.6 Å². The summed E-state index contributed by atoms with van der Waals surface area (Å²) in [7, 11) is 0. The zero-order valence-electron chi connectivity index (χ0n) is 36.5. The Bertz CT molecular complexity index is 1070. The minimum atomic E-state index is -0.455. The normalized spacial score (nSPS) is 14.1. The van der Waals surface area contributed by atoms with Crippen LogP contribution in [-0.4, -0.2) is 214 Å². The van der Waals surface area contributed by atoms with Crippen molar-refractivity contribution in [2.45, 2.75) is 35.1 Å². The molecule has 0 aromatic carbocycles. The Hall–Kier alpha value is -3.60. The molecule has 0 spiro atoms. The molecule has 3 aliphatic heterocycles. The molecule has 3 fully saturated rings. The number of piperazine rings is 3. The lowest BCUT2D eigenvalue weighted by Crippen LogP contribution is -2.55. The van der Waals surface area contributed by atoms with Crippen molar-refractivity contribution < 1.29 is 81.9 Å². The molecule has 3 heterocycles.